The minimum absolute atomic E-state index is 0.369. The molecule has 0 aliphatic heterocycles. The number of aromatic nitrogens is 2. The van der Waals surface area contributed by atoms with E-state index in [1.54, 1.807) is 12.1 Å². The van der Waals surface area contributed by atoms with Gasteiger partial charge in [0.2, 0.25) is 0 Å². The molecule has 6 heteroatoms. The summed E-state index contributed by atoms with van der Waals surface area (Å²) in [4.78, 5) is 27.3. The van der Waals surface area contributed by atoms with Gasteiger partial charge in [-0.2, -0.15) is 0 Å². The van der Waals surface area contributed by atoms with Crippen molar-refractivity contribution in [1.82, 2.24) is 9.97 Å². The first-order valence-electron chi connectivity index (χ1n) is 4.12. The first-order valence-corrected chi connectivity index (χ1v) is 4.91. The number of methoxy groups -OCH3 is 1. The van der Waals surface area contributed by atoms with Crippen LogP contribution >= 0.6 is 15.9 Å². The first kappa shape index (κ1) is 9.97. The minimum atomic E-state index is -0.552. The molecule has 1 heterocycles. The van der Waals surface area contributed by atoms with Gasteiger partial charge in [0.1, 0.15) is 5.75 Å². The fourth-order valence-electron chi connectivity index (χ4n) is 1.38. The lowest BCUT2D eigenvalue weighted by Crippen LogP contribution is -2.22. The Balaban J connectivity index is 3.07. The predicted molar refractivity (Wildman–Crippen MR) is 59.4 cm³/mol. The highest BCUT2D eigenvalue weighted by Gasteiger charge is 2.09. The molecule has 1 aromatic heterocycles. The monoisotopic (exact) mass is 270 g/mol. The van der Waals surface area contributed by atoms with Gasteiger partial charge < -0.3 is 9.72 Å². The summed E-state index contributed by atoms with van der Waals surface area (Å²) in [7, 11) is 1.47. The maximum absolute atomic E-state index is 11.5. The maximum atomic E-state index is 11.5. The number of H-pyrrole nitrogens is 2. The molecule has 15 heavy (non-hydrogen) atoms. The Hall–Kier alpha value is -1.56. The van der Waals surface area contributed by atoms with Crippen LogP contribution in [0, 0.1) is 0 Å². The molecule has 0 saturated heterocycles. The molecule has 0 amide bonds. The highest BCUT2D eigenvalue weighted by atomic mass is 79.9. The number of fused-ring (bicyclic) bond motifs is 1. The van der Waals surface area contributed by atoms with E-state index in [1.165, 1.54) is 7.11 Å². The van der Waals surface area contributed by atoms with E-state index in [-0.39, 0.29) is 0 Å². The zero-order valence-corrected chi connectivity index (χ0v) is 9.34. The molecule has 5 nitrogen and oxygen atoms in total. The van der Waals surface area contributed by atoms with Gasteiger partial charge in [-0.3, -0.25) is 9.78 Å². The average Bonchev–Trinajstić information content (AvgIpc) is 2.17. The number of hydrogen-bond acceptors (Lipinski definition) is 3. The molecule has 0 aliphatic rings. The Morgan fingerprint density at radius 1 is 1.27 bits per heavy atom. The summed E-state index contributed by atoms with van der Waals surface area (Å²) in [5.74, 6) is 0.455. The molecule has 2 aromatic rings. The number of hydrogen-bond donors (Lipinski definition) is 2. The lowest BCUT2D eigenvalue weighted by Gasteiger charge is -2.04. The quantitative estimate of drug-likeness (QED) is 0.812. The molecule has 0 bridgehead atoms. The van der Waals surface area contributed by atoms with Gasteiger partial charge in [0.05, 0.1) is 18.0 Å². The average molecular weight is 271 g/mol. The van der Waals surface area contributed by atoms with Gasteiger partial charge in [0.25, 0.3) is 5.56 Å². The van der Waals surface area contributed by atoms with Crippen LogP contribution in [0.2, 0.25) is 0 Å². The molecule has 2 rings (SSSR count). The standard InChI is InChI=1S/C9H7BrN2O3/c1-15-5-3-2-4(10)6-7(5)11-9(14)12-8(6)13/h2-3H,1H3,(H2,11,12,13,14). The van der Waals surface area contributed by atoms with Gasteiger partial charge in [0.15, 0.2) is 0 Å². The van der Waals surface area contributed by atoms with Crippen LogP contribution in [0.3, 0.4) is 0 Å². The Morgan fingerprint density at radius 2 is 2.00 bits per heavy atom. The van der Waals surface area contributed by atoms with Gasteiger partial charge in [-0.1, -0.05) is 0 Å². The van der Waals surface area contributed by atoms with Crippen molar-refractivity contribution in [3.05, 3.63) is 37.4 Å². The maximum Gasteiger partial charge on any atom is 0.326 e. The van der Waals surface area contributed by atoms with Crippen molar-refractivity contribution in [3.8, 4) is 5.75 Å². The third-order valence-corrected chi connectivity index (χ3v) is 2.69. The van der Waals surface area contributed by atoms with Gasteiger partial charge >= 0.3 is 5.69 Å². The number of aromatic amines is 2. The van der Waals surface area contributed by atoms with E-state index in [0.717, 1.165) is 0 Å². The van der Waals surface area contributed by atoms with Crippen molar-refractivity contribution in [2.75, 3.05) is 7.11 Å². The summed E-state index contributed by atoms with van der Waals surface area (Å²) in [6.45, 7) is 0. The predicted octanol–water partition coefficient (Wildman–Crippen LogP) is 0.988. The molecule has 0 fully saturated rings. The summed E-state index contributed by atoms with van der Waals surface area (Å²) in [6, 6.07) is 3.36. The number of ether oxygens (including phenoxy) is 1. The summed E-state index contributed by atoms with van der Waals surface area (Å²) >= 11 is 3.24. The normalized spacial score (nSPS) is 10.5. The van der Waals surface area contributed by atoms with Gasteiger partial charge in [-0.05, 0) is 28.1 Å². The van der Waals surface area contributed by atoms with E-state index in [1.807, 2.05) is 0 Å². The number of rotatable bonds is 1. The third kappa shape index (κ3) is 1.56. The van der Waals surface area contributed by atoms with Crippen LogP contribution in [0.1, 0.15) is 0 Å². The van der Waals surface area contributed by atoms with E-state index in [9.17, 15) is 9.59 Å². The van der Waals surface area contributed by atoms with Crippen molar-refractivity contribution in [2.45, 2.75) is 0 Å². The van der Waals surface area contributed by atoms with Crippen molar-refractivity contribution < 1.29 is 4.74 Å². The van der Waals surface area contributed by atoms with E-state index in [0.29, 0.717) is 21.1 Å². The van der Waals surface area contributed by atoms with E-state index >= 15 is 0 Å². The van der Waals surface area contributed by atoms with Crippen molar-refractivity contribution in [2.24, 2.45) is 0 Å². The van der Waals surface area contributed by atoms with Crippen molar-refractivity contribution >= 4 is 26.8 Å². The van der Waals surface area contributed by atoms with Gasteiger partial charge in [-0.25, -0.2) is 4.79 Å². The molecule has 0 atom stereocenters. The number of nitrogens with one attached hydrogen (secondary N) is 2. The Bertz CT molecular complexity index is 629. The summed E-state index contributed by atoms with van der Waals surface area (Å²) in [6.07, 6.45) is 0. The molecule has 1 aromatic carbocycles. The molecule has 0 unspecified atom stereocenters. The summed E-state index contributed by atoms with van der Waals surface area (Å²) < 4.78 is 5.66. The fourth-order valence-corrected chi connectivity index (χ4v) is 1.90. The second-order valence-corrected chi connectivity index (χ2v) is 3.76. The third-order valence-electron chi connectivity index (χ3n) is 2.03. The van der Waals surface area contributed by atoms with Crippen LogP contribution in [0.5, 0.6) is 5.75 Å². The van der Waals surface area contributed by atoms with E-state index in [2.05, 4.69) is 25.9 Å². The summed E-state index contributed by atoms with van der Waals surface area (Å²) in [5.41, 5.74) is -0.607. The zero-order chi connectivity index (χ0) is 11.0. The smallest absolute Gasteiger partial charge is 0.326 e. The van der Waals surface area contributed by atoms with Crippen LogP contribution in [0.15, 0.2) is 26.2 Å². The molecule has 0 radical (unpaired) electrons. The lowest BCUT2D eigenvalue weighted by molar-refractivity contribution is 0.418. The van der Waals surface area contributed by atoms with E-state index < -0.39 is 11.2 Å². The van der Waals surface area contributed by atoms with Crippen LogP contribution in [-0.2, 0) is 0 Å². The Labute approximate surface area is 92.2 Å². The zero-order valence-electron chi connectivity index (χ0n) is 7.76. The topological polar surface area (TPSA) is 75.0 Å². The highest BCUT2D eigenvalue weighted by Crippen LogP contribution is 2.26. The van der Waals surface area contributed by atoms with Crippen LogP contribution < -0.4 is 16.0 Å². The molecule has 0 spiro atoms. The molecule has 0 aliphatic carbocycles. The number of halogens is 1. The Morgan fingerprint density at radius 3 is 2.67 bits per heavy atom. The molecular formula is C9H7BrN2O3. The van der Waals surface area contributed by atoms with Crippen LogP contribution in [0.4, 0.5) is 0 Å². The second-order valence-electron chi connectivity index (χ2n) is 2.91. The van der Waals surface area contributed by atoms with Gasteiger partial charge in [-0.15, -0.1) is 0 Å². The number of benzene rings is 1. The minimum Gasteiger partial charge on any atom is -0.495 e. The molecule has 2 N–H and O–H groups in total. The largest absolute Gasteiger partial charge is 0.495 e. The fraction of sp³-hybridized carbons (Fsp3) is 0.111. The lowest BCUT2D eigenvalue weighted by atomic mass is 10.2. The second kappa shape index (κ2) is 3.54. The first-order chi connectivity index (χ1) is 7.13. The molecule has 0 saturated carbocycles. The van der Waals surface area contributed by atoms with Crippen molar-refractivity contribution in [1.29, 1.82) is 0 Å². The highest BCUT2D eigenvalue weighted by molar-refractivity contribution is 9.10. The summed E-state index contributed by atoms with van der Waals surface area (Å²) in [5, 5.41) is 0.369. The van der Waals surface area contributed by atoms with E-state index in [4.69, 9.17) is 4.74 Å². The molecule has 78 valence electrons. The molecular weight excluding hydrogens is 264 g/mol. The Kier molecular flexibility index (Phi) is 2.36. The van der Waals surface area contributed by atoms with Crippen LogP contribution in [0.25, 0.3) is 10.9 Å². The van der Waals surface area contributed by atoms with Crippen LogP contribution in [-0.4, -0.2) is 17.1 Å². The SMILES string of the molecule is COc1ccc(Br)c2c(=O)[nH]c(=O)[nH]c12. The van der Waals surface area contributed by atoms with Crippen molar-refractivity contribution in [3.63, 3.8) is 0 Å². The van der Waals surface area contributed by atoms with Gasteiger partial charge in [0, 0.05) is 4.47 Å².